The predicted molar refractivity (Wildman–Crippen MR) is 87.1 cm³/mol. The lowest BCUT2D eigenvalue weighted by atomic mass is 10.3. The van der Waals surface area contributed by atoms with Crippen LogP contribution in [0.4, 0.5) is 13.2 Å². The number of rotatable bonds is 6. The van der Waals surface area contributed by atoms with E-state index < -0.39 is 12.8 Å². The lowest BCUT2D eigenvalue weighted by Gasteiger charge is -2.12. The Morgan fingerprint density at radius 3 is 2.50 bits per heavy atom. The normalized spacial score (nSPS) is 12.1. The van der Waals surface area contributed by atoms with E-state index >= 15 is 0 Å². The minimum absolute atomic E-state index is 0.0592. The van der Waals surface area contributed by atoms with Crippen LogP contribution < -0.4 is 15.4 Å². The van der Waals surface area contributed by atoms with Crippen molar-refractivity contribution in [2.45, 2.75) is 19.3 Å². The average molecular weight is 358 g/mol. The second-order valence-electron chi connectivity index (χ2n) is 4.82. The maximum atomic E-state index is 12.1. The van der Waals surface area contributed by atoms with Gasteiger partial charge in [-0.05, 0) is 28.0 Å². The smallest absolute Gasteiger partial charge is 0.422 e. The van der Waals surface area contributed by atoms with Crippen molar-refractivity contribution in [2.24, 2.45) is 4.99 Å². The summed E-state index contributed by atoms with van der Waals surface area (Å²) < 4.78 is 40.7. The van der Waals surface area contributed by atoms with Gasteiger partial charge < -0.3 is 15.4 Å². The van der Waals surface area contributed by atoms with Gasteiger partial charge in [-0.2, -0.15) is 24.5 Å². The molecule has 0 spiro atoms. The highest BCUT2D eigenvalue weighted by molar-refractivity contribution is 7.07. The maximum absolute atomic E-state index is 12.1. The first-order valence-electron chi connectivity index (χ1n) is 7.06. The third kappa shape index (κ3) is 6.45. The molecule has 0 bridgehead atoms. The maximum Gasteiger partial charge on any atom is 0.422 e. The second-order valence-corrected chi connectivity index (χ2v) is 5.60. The van der Waals surface area contributed by atoms with Crippen LogP contribution in [-0.4, -0.2) is 30.8 Å². The molecule has 0 saturated carbocycles. The lowest BCUT2D eigenvalue weighted by Crippen LogP contribution is -2.36. The topological polar surface area (TPSA) is 58.5 Å². The van der Waals surface area contributed by atoms with Crippen LogP contribution in [-0.2, 0) is 13.1 Å². The summed E-state index contributed by atoms with van der Waals surface area (Å²) in [5, 5.41) is 10.3. The van der Waals surface area contributed by atoms with Crippen LogP contribution in [0.3, 0.4) is 0 Å². The van der Waals surface area contributed by atoms with Crippen molar-refractivity contribution in [3.8, 4) is 5.88 Å². The third-order valence-electron chi connectivity index (χ3n) is 2.90. The number of nitrogens with zero attached hydrogens (tertiary/aromatic N) is 2. The number of alkyl halides is 3. The molecule has 0 radical (unpaired) electrons. The van der Waals surface area contributed by atoms with Gasteiger partial charge in [0.2, 0.25) is 5.88 Å². The minimum atomic E-state index is -4.37. The average Bonchev–Trinajstić information content (AvgIpc) is 3.07. The zero-order valence-electron chi connectivity index (χ0n) is 12.9. The molecular formula is C15H17F3N4OS. The minimum Gasteiger partial charge on any atom is -0.468 e. The molecular weight excluding hydrogens is 341 g/mol. The highest BCUT2D eigenvalue weighted by Gasteiger charge is 2.28. The van der Waals surface area contributed by atoms with E-state index in [-0.39, 0.29) is 5.88 Å². The Morgan fingerprint density at radius 2 is 1.96 bits per heavy atom. The van der Waals surface area contributed by atoms with Gasteiger partial charge in [0, 0.05) is 32.4 Å². The number of hydrogen-bond donors (Lipinski definition) is 2. The van der Waals surface area contributed by atoms with Gasteiger partial charge in [0.25, 0.3) is 0 Å². The molecule has 0 saturated heterocycles. The molecule has 0 atom stereocenters. The molecule has 2 heterocycles. The largest absolute Gasteiger partial charge is 0.468 e. The van der Waals surface area contributed by atoms with Crippen molar-refractivity contribution in [2.75, 3.05) is 13.7 Å². The summed E-state index contributed by atoms with van der Waals surface area (Å²) in [4.78, 5) is 7.96. The van der Waals surface area contributed by atoms with Gasteiger partial charge in [-0.1, -0.05) is 6.07 Å². The van der Waals surface area contributed by atoms with E-state index in [0.29, 0.717) is 19.0 Å². The fourth-order valence-corrected chi connectivity index (χ4v) is 2.41. The molecule has 0 amide bonds. The Bertz CT molecular complexity index is 642. The lowest BCUT2D eigenvalue weighted by molar-refractivity contribution is -0.154. The molecule has 0 fully saturated rings. The summed E-state index contributed by atoms with van der Waals surface area (Å²) >= 11 is 1.63. The van der Waals surface area contributed by atoms with Crippen molar-refractivity contribution < 1.29 is 17.9 Å². The van der Waals surface area contributed by atoms with E-state index in [1.807, 2.05) is 16.8 Å². The number of aromatic nitrogens is 1. The number of aliphatic imine (C=N–C) groups is 1. The standard InChI is InChI=1S/C15H17F3N4OS/c1-19-14(22-8-12-4-5-24-9-12)21-7-11-2-3-13(20-6-11)23-10-15(16,17)18/h2-6,9H,7-8,10H2,1H3,(H2,19,21,22). The highest BCUT2D eigenvalue weighted by Crippen LogP contribution is 2.17. The van der Waals surface area contributed by atoms with Gasteiger partial charge in [-0.25, -0.2) is 4.98 Å². The number of nitrogens with one attached hydrogen (secondary N) is 2. The monoisotopic (exact) mass is 358 g/mol. The Hall–Kier alpha value is -2.29. The molecule has 0 aliphatic heterocycles. The van der Waals surface area contributed by atoms with Crippen molar-refractivity contribution in [1.82, 2.24) is 15.6 Å². The Morgan fingerprint density at radius 1 is 1.21 bits per heavy atom. The van der Waals surface area contributed by atoms with Gasteiger partial charge in [-0.3, -0.25) is 4.99 Å². The van der Waals surface area contributed by atoms with Crippen LogP contribution in [0.15, 0.2) is 40.1 Å². The summed E-state index contributed by atoms with van der Waals surface area (Å²) in [5.74, 6) is 0.564. The van der Waals surface area contributed by atoms with Gasteiger partial charge in [0.1, 0.15) is 0 Å². The Kier molecular flexibility index (Phi) is 6.42. The molecule has 2 rings (SSSR count). The summed E-state index contributed by atoms with van der Waals surface area (Å²) in [6, 6.07) is 5.08. The van der Waals surface area contributed by atoms with Crippen LogP contribution in [0.1, 0.15) is 11.1 Å². The molecule has 130 valence electrons. The van der Waals surface area contributed by atoms with Crippen LogP contribution in [0.25, 0.3) is 0 Å². The number of pyridine rings is 1. The Labute approximate surface area is 141 Å². The molecule has 24 heavy (non-hydrogen) atoms. The summed E-state index contributed by atoms with van der Waals surface area (Å²) in [5.41, 5.74) is 1.96. The number of guanidine groups is 1. The van der Waals surface area contributed by atoms with E-state index in [1.165, 1.54) is 12.3 Å². The number of ether oxygens (including phenoxy) is 1. The molecule has 2 aromatic rings. The SMILES string of the molecule is CN=C(NCc1ccc(OCC(F)(F)F)nc1)NCc1ccsc1. The zero-order valence-corrected chi connectivity index (χ0v) is 13.7. The van der Waals surface area contributed by atoms with Gasteiger partial charge in [-0.15, -0.1) is 0 Å². The van der Waals surface area contributed by atoms with E-state index in [1.54, 1.807) is 24.5 Å². The third-order valence-corrected chi connectivity index (χ3v) is 3.64. The second kappa shape index (κ2) is 8.53. The summed E-state index contributed by atoms with van der Waals surface area (Å²) in [6.07, 6.45) is -2.91. The van der Waals surface area contributed by atoms with Gasteiger partial charge >= 0.3 is 6.18 Å². The first kappa shape index (κ1) is 18.1. The fraction of sp³-hybridized carbons (Fsp3) is 0.333. The first-order chi connectivity index (χ1) is 11.5. The van der Waals surface area contributed by atoms with Crippen molar-refractivity contribution >= 4 is 17.3 Å². The molecule has 0 unspecified atom stereocenters. The van der Waals surface area contributed by atoms with Crippen molar-refractivity contribution in [1.29, 1.82) is 0 Å². The highest BCUT2D eigenvalue weighted by atomic mass is 32.1. The Balaban J connectivity index is 1.78. The fourth-order valence-electron chi connectivity index (χ4n) is 1.74. The van der Waals surface area contributed by atoms with Crippen LogP contribution in [0.2, 0.25) is 0 Å². The van der Waals surface area contributed by atoms with Crippen LogP contribution >= 0.6 is 11.3 Å². The summed E-state index contributed by atoms with van der Waals surface area (Å²) in [7, 11) is 1.66. The molecule has 2 N–H and O–H groups in total. The molecule has 0 aliphatic carbocycles. The number of thiophene rings is 1. The van der Waals surface area contributed by atoms with E-state index in [9.17, 15) is 13.2 Å². The predicted octanol–water partition coefficient (Wildman–Crippen LogP) is 2.95. The van der Waals surface area contributed by atoms with E-state index in [2.05, 4.69) is 25.3 Å². The number of hydrogen-bond acceptors (Lipinski definition) is 4. The molecule has 9 heteroatoms. The van der Waals surface area contributed by atoms with Gasteiger partial charge in [0.15, 0.2) is 12.6 Å². The molecule has 0 aromatic carbocycles. The first-order valence-corrected chi connectivity index (χ1v) is 8.00. The van der Waals surface area contributed by atoms with Crippen LogP contribution in [0, 0.1) is 0 Å². The molecule has 5 nitrogen and oxygen atoms in total. The molecule has 2 aromatic heterocycles. The quantitative estimate of drug-likeness (QED) is 0.616. The van der Waals surface area contributed by atoms with E-state index in [0.717, 1.165) is 11.1 Å². The van der Waals surface area contributed by atoms with Crippen LogP contribution in [0.5, 0.6) is 5.88 Å². The summed E-state index contributed by atoms with van der Waals surface area (Å²) in [6.45, 7) is -0.252. The molecule has 0 aliphatic rings. The van der Waals surface area contributed by atoms with E-state index in [4.69, 9.17) is 0 Å². The van der Waals surface area contributed by atoms with Crippen molar-refractivity contribution in [3.05, 3.63) is 46.3 Å². The van der Waals surface area contributed by atoms with Gasteiger partial charge in [0.05, 0.1) is 0 Å². The zero-order chi connectivity index (χ0) is 17.4. The van der Waals surface area contributed by atoms with Crippen molar-refractivity contribution in [3.63, 3.8) is 0 Å². The number of halogens is 3.